The lowest BCUT2D eigenvalue weighted by Crippen LogP contribution is -2.33. The quantitative estimate of drug-likeness (QED) is 0.687. The van der Waals surface area contributed by atoms with E-state index in [0.717, 1.165) is 5.92 Å². The van der Waals surface area contributed by atoms with Crippen LogP contribution in [-0.4, -0.2) is 17.5 Å². The highest BCUT2D eigenvalue weighted by atomic mass is 32.2. The molecule has 0 radical (unpaired) electrons. The molecule has 1 atom stereocenters. The molecule has 0 aromatic heterocycles. The van der Waals surface area contributed by atoms with Crippen molar-refractivity contribution < 1.29 is 0 Å². The molecule has 84 valence electrons. The normalized spacial score (nSPS) is 21.0. The summed E-state index contributed by atoms with van der Waals surface area (Å²) in [6.45, 7) is 2.25. The summed E-state index contributed by atoms with van der Waals surface area (Å²) in [4.78, 5) is 0. The molecule has 0 saturated heterocycles. The first-order valence-electron chi connectivity index (χ1n) is 6.18. The van der Waals surface area contributed by atoms with E-state index in [1.54, 1.807) is 0 Å². The van der Waals surface area contributed by atoms with Crippen molar-refractivity contribution >= 4 is 11.8 Å². The molecule has 0 spiro atoms. The van der Waals surface area contributed by atoms with Gasteiger partial charge in [0.2, 0.25) is 0 Å². The predicted molar refractivity (Wildman–Crippen MR) is 66.8 cm³/mol. The molecule has 1 rings (SSSR count). The second-order valence-electron chi connectivity index (χ2n) is 4.49. The van der Waals surface area contributed by atoms with Crippen LogP contribution < -0.4 is 5.73 Å². The van der Waals surface area contributed by atoms with Crippen LogP contribution in [0.25, 0.3) is 0 Å². The number of thioether (sulfide) groups is 1. The molecule has 1 nitrogen and oxygen atoms in total. The van der Waals surface area contributed by atoms with E-state index in [9.17, 15) is 0 Å². The van der Waals surface area contributed by atoms with E-state index in [1.165, 1.54) is 56.5 Å². The molecule has 0 amide bonds. The fourth-order valence-electron chi connectivity index (χ4n) is 2.16. The van der Waals surface area contributed by atoms with Crippen molar-refractivity contribution in [2.24, 2.45) is 11.7 Å². The van der Waals surface area contributed by atoms with Crippen LogP contribution >= 0.6 is 11.8 Å². The Labute approximate surface area is 93.2 Å². The van der Waals surface area contributed by atoms with Gasteiger partial charge in [-0.2, -0.15) is 11.8 Å². The third kappa shape index (κ3) is 4.70. The van der Waals surface area contributed by atoms with Gasteiger partial charge in [0.15, 0.2) is 0 Å². The molecule has 0 heterocycles. The lowest BCUT2D eigenvalue weighted by molar-refractivity contribution is 0.319. The fourth-order valence-corrected chi connectivity index (χ4v) is 3.37. The van der Waals surface area contributed by atoms with Crippen LogP contribution in [-0.2, 0) is 0 Å². The molecular weight excluding hydrogens is 190 g/mol. The Morgan fingerprint density at radius 1 is 1.29 bits per heavy atom. The highest BCUT2D eigenvalue weighted by Crippen LogP contribution is 2.27. The minimum absolute atomic E-state index is 0.470. The maximum atomic E-state index is 6.21. The Kier molecular flexibility index (Phi) is 6.70. The summed E-state index contributed by atoms with van der Waals surface area (Å²) in [6.07, 6.45) is 9.70. The molecule has 0 aliphatic heterocycles. The molecule has 1 saturated carbocycles. The molecule has 1 fully saturated rings. The SMILES string of the molecule is CCCCSCC(N)C1CCCCC1. The first-order chi connectivity index (χ1) is 6.84. The highest BCUT2D eigenvalue weighted by molar-refractivity contribution is 7.99. The van der Waals surface area contributed by atoms with E-state index >= 15 is 0 Å². The monoisotopic (exact) mass is 215 g/mol. The van der Waals surface area contributed by atoms with Crippen LogP contribution in [0.3, 0.4) is 0 Å². The summed E-state index contributed by atoms with van der Waals surface area (Å²) in [5, 5.41) is 0. The second kappa shape index (κ2) is 7.58. The van der Waals surface area contributed by atoms with Crippen LogP contribution in [0.15, 0.2) is 0 Å². The van der Waals surface area contributed by atoms with Crippen LogP contribution in [0, 0.1) is 5.92 Å². The Morgan fingerprint density at radius 3 is 2.64 bits per heavy atom. The minimum atomic E-state index is 0.470. The summed E-state index contributed by atoms with van der Waals surface area (Å²) in [5.74, 6) is 3.32. The molecule has 2 N–H and O–H groups in total. The lowest BCUT2D eigenvalue weighted by Gasteiger charge is -2.27. The summed E-state index contributed by atoms with van der Waals surface area (Å²) in [7, 11) is 0. The zero-order valence-electron chi connectivity index (χ0n) is 9.50. The van der Waals surface area contributed by atoms with Crippen LogP contribution in [0.2, 0.25) is 0 Å². The van der Waals surface area contributed by atoms with Gasteiger partial charge in [-0.15, -0.1) is 0 Å². The zero-order chi connectivity index (χ0) is 10.2. The molecule has 1 aliphatic rings. The fraction of sp³-hybridized carbons (Fsp3) is 1.00. The van der Waals surface area contributed by atoms with E-state index in [1.807, 2.05) is 0 Å². The summed E-state index contributed by atoms with van der Waals surface area (Å²) < 4.78 is 0. The molecule has 1 unspecified atom stereocenters. The van der Waals surface area contributed by atoms with Gasteiger partial charge in [-0.05, 0) is 30.9 Å². The van der Waals surface area contributed by atoms with E-state index in [-0.39, 0.29) is 0 Å². The molecule has 0 bridgehead atoms. The average molecular weight is 215 g/mol. The third-order valence-electron chi connectivity index (χ3n) is 3.21. The van der Waals surface area contributed by atoms with Gasteiger partial charge in [-0.25, -0.2) is 0 Å². The Balaban J connectivity index is 2.04. The van der Waals surface area contributed by atoms with Crippen molar-refractivity contribution in [3.63, 3.8) is 0 Å². The largest absolute Gasteiger partial charge is 0.327 e. The number of hydrogen-bond donors (Lipinski definition) is 1. The van der Waals surface area contributed by atoms with Gasteiger partial charge in [0.25, 0.3) is 0 Å². The van der Waals surface area contributed by atoms with Crippen molar-refractivity contribution in [3.8, 4) is 0 Å². The van der Waals surface area contributed by atoms with Crippen LogP contribution in [0.1, 0.15) is 51.9 Å². The maximum Gasteiger partial charge on any atom is 0.0158 e. The zero-order valence-corrected chi connectivity index (χ0v) is 10.3. The number of nitrogens with two attached hydrogens (primary N) is 1. The molecule has 0 aromatic carbocycles. The molecule has 14 heavy (non-hydrogen) atoms. The minimum Gasteiger partial charge on any atom is -0.327 e. The van der Waals surface area contributed by atoms with E-state index in [4.69, 9.17) is 5.73 Å². The van der Waals surface area contributed by atoms with E-state index in [2.05, 4.69) is 18.7 Å². The van der Waals surface area contributed by atoms with Crippen molar-refractivity contribution in [3.05, 3.63) is 0 Å². The van der Waals surface area contributed by atoms with Gasteiger partial charge < -0.3 is 5.73 Å². The van der Waals surface area contributed by atoms with Gasteiger partial charge in [0.1, 0.15) is 0 Å². The van der Waals surface area contributed by atoms with Crippen molar-refractivity contribution in [2.45, 2.75) is 57.9 Å². The van der Waals surface area contributed by atoms with Gasteiger partial charge in [0, 0.05) is 11.8 Å². The Bertz CT molecular complexity index is 132. The third-order valence-corrected chi connectivity index (χ3v) is 4.41. The van der Waals surface area contributed by atoms with Crippen molar-refractivity contribution in [1.29, 1.82) is 0 Å². The van der Waals surface area contributed by atoms with Gasteiger partial charge in [-0.3, -0.25) is 0 Å². The number of rotatable bonds is 6. The Hall–Kier alpha value is 0.310. The molecular formula is C12H25NS. The number of unbranched alkanes of at least 4 members (excludes halogenated alkanes) is 1. The molecule has 2 heteroatoms. The summed E-state index contributed by atoms with van der Waals surface area (Å²) in [6, 6.07) is 0.470. The van der Waals surface area contributed by atoms with E-state index in [0.29, 0.717) is 6.04 Å². The highest BCUT2D eigenvalue weighted by Gasteiger charge is 2.19. The first kappa shape index (κ1) is 12.4. The summed E-state index contributed by atoms with van der Waals surface area (Å²) >= 11 is 2.05. The predicted octanol–water partition coefficient (Wildman–Crippen LogP) is 3.43. The van der Waals surface area contributed by atoms with Crippen molar-refractivity contribution in [2.75, 3.05) is 11.5 Å². The maximum absolute atomic E-state index is 6.21. The van der Waals surface area contributed by atoms with E-state index < -0.39 is 0 Å². The van der Waals surface area contributed by atoms with Gasteiger partial charge in [-0.1, -0.05) is 32.6 Å². The molecule has 0 aromatic rings. The molecule has 1 aliphatic carbocycles. The Morgan fingerprint density at radius 2 is 2.00 bits per heavy atom. The smallest absolute Gasteiger partial charge is 0.0158 e. The van der Waals surface area contributed by atoms with Crippen LogP contribution in [0.4, 0.5) is 0 Å². The van der Waals surface area contributed by atoms with Crippen molar-refractivity contribution in [1.82, 2.24) is 0 Å². The topological polar surface area (TPSA) is 26.0 Å². The lowest BCUT2D eigenvalue weighted by atomic mass is 9.85. The average Bonchev–Trinajstić information content (AvgIpc) is 2.25. The van der Waals surface area contributed by atoms with Crippen LogP contribution in [0.5, 0.6) is 0 Å². The van der Waals surface area contributed by atoms with Gasteiger partial charge in [0.05, 0.1) is 0 Å². The standard InChI is InChI=1S/C12H25NS/c1-2-3-9-14-10-12(13)11-7-5-4-6-8-11/h11-12H,2-10,13H2,1H3. The number of hydrogen-bond acceptors (Lipinski definition) is 2. The second-order valence-corrected chi connectivity index (χ2v) is 5.64. The summed E-state index contributed by atoms with van der Waals surface area (Å²) in [5.41, 5.74) is 6.21. The first-order valence-corrected chi connectivity index (χ1v) is 7.33. The van der Waals surface area contributed by atoms with Gasteiger partial charge >= 0.3 is 0 Å².